The highest BCUT2D eigenvalue weighted by atomic mass is 19.1. The van der Waals surface area contributed by atoms with Crippen LogP contribution in [-0.4, -0.2) is 39.6 Å². The van der Waals surface area contributed by atoms with Gasteiger partial charge in [-0.1, -0.05) is 12.1 Å². The minimum Gasteiger partial charge on any atom is -0.308 e. The Morgan fingerprint density at radius 1 is 1.26 bits per heavy atom. The normalized spacial score (nSPS) is 18.8. The predicted octanol–water partition coefficient (Wildman–Crippen LogP) is 3.04. The molecule has 0 N–H and O–H groups in total. The molecule has 0 radical (unpaired) electrons. The van der Waals surface area contributed by atoms with Gasteiger partial charge in [0.05, 0.1) is 6.04 Å². The first-order chi connectivity index (χ1) is 11.2. The average molecular weight is 310 g/mol. The van der Waals surface area contributed by atoms with Crippen LogP contribution in [0.5, 0.6) is 0 Å². The van der Waals surface area contributed by atoms with Gasteiger partial charge < -0.3 is 9.47 Å². The second-order valence-corrected chi connectivity index (χ2v) is 6.26. The minimum atomic E-state index is -0.205. The summed E-state index contributed by atoms with van der Waals surface area (Å²) in [5, 5.41) is 0. The van der Waals surface area contributed by atoms with Crippen LogP contribution in [0.1, 0.15) is 23.9 Å². The number of halogens is 1. The van der Waals surface area contributed by atoms with Gasteiger partial charge >= 0.3 is 0 Å². The molecule has 0 saturated carbocycles. The van der Waals surface area contributed by atoms with Crippen molar-refractivity contribution < 1.29 is 4.39 Å². The Labute approximate surface area is 134 Å². The van der Waals surface area contributed by atoms with Gasteiger partial charge in [0.2, 0.25) is 0 Å². The third-order valence-electron chi connectivity index (χ3n) is 4.50. The first-order valence-electron chi connectivity index (χ1n) is 7.95. The molecule has 0 amide bonds. The van der Waals surface area contributed by atoms with Crippen molar-refractivity contribution in [2.45, 2.75) is 18.9 Å². The zero-order chi connectivity index (χ0) is 15.8. The van der Waals surface area contributed by atoms with Crippen molar-refractivity contribution >= 4 is 11.2 Å². The lowest BCUT2D eigenvalue weighted by atomic mass is 10.1. The molecule has 5 heteroatoms. The summed E-state index contributed by atoms with van der Waals surface area (Å²) in [7, 11) is 2.14. The van der Waals surface area contributed by atoms with Gasteiger partial charge in [-0.25, -0.2) is 14.4 Å². The fourth-order valence-corrected chi connectivity index (χ4v) is 3.44. The number of rotatable bonds is 3. The molecule has 0 spiro atoms. The molecule has 1 fully saturated rings. The van der Waals surface area contributed by atoms with Gasteiger partial charge in [0, 0.05) is 19.2 Å². The van der Waals surface area contributed by atoms with Gasteiger partial charge in [-0.2, -0.15) is 0 Å². The topological polar surface area (TPSA) is 34.0 Å². The van der Waals surface area contributed by atoms with Gasteiger partial charge in [-0.05, 0) is 49.8 Å². The molecule has 118 valence electrons. The van der Waals surface area contributed by atoms with Crippen molar-refractivity contribution in [3.8, 4) is 0 Å². The number of imidazole rings is 1. The van der Waals surface area contributed by atoms with E-state index < -0.39 is 0 Å². The lowest BCUT2D eigenvalue weighted by molar-refractivity contribution is 0.392. The molecular formula is C18H19FN4. The third-order valence-corrected chi connectivity index (χ3v) is 4.50. The van der Waals surface area contributed by atoms with Crippen LogP contribution in [-0.2, 0) is 6.42 Å². The molecule has 0 aliphatic carbocycles. The Hall–Kier alpha value is -2.27. The van der Waals surface area contributed by atoms with Crippen molar-refractivity contribution in [2.24, 2.45) is 0 Å². The van der Waals surface area contributed by atoms with Crippen molar-refractivity contribution in [1.29, 1.82) is 0 Å². The first-order valence-corrected chi connectivity index (χ1v) is 7.95. The van der Waals surface area contributed by atoms with Crippen LogP contribution < -0.4 is 0 Å². The summed E-state index contributed by atoms with van der Waals surface area (Å²) in [6.45, 7) is 2.08. The lowest BCUT2D eigenvalue weighted by Crippen LogP contribution is -2.18. The molecule has 4 rings (SSSR count). The van der Waals surface area contributed by atoms with E-state index in [-0.39, 0.29) is 5.82 Å². The number of likely N-dealkylation sites (N-methyl/N-ethyl adjacent to an activating group) is 1. The fraction of sp³-hybridized carbons (Fsp3) is 0.333. The summed E-state index contributed by atoms with van der Waals surface area (Å²) < 4.78 is 15.7. The van der Waals surface area contributed by atoms with E-state index in [2.05, 4.69) is 21.5 Å². The maximum atomic E-state index is 13.5. The highest BCUT2D eigenvalue weighted by molar-refractivity contribution is 5.71. The van der Waals surface area contributed by atoms with Crippen LogP contribution in [0.25, 0.3) is 11.2 Å². The molecule has 2 aromatic heterocycles. The number of pyridine rings is 1. The second kappa shape index (κ2) is 5.74. The number of likely N-dealkylation sites (tertiary alicyclic amines) is 1. The molecular weight excluding hydrogens is 291 g/mol. The molecule has 0 bridgehead atoms. The van der Waals surface area contributed by atoms with Crippen LogP contribution in [0.4, 0.5) is 4.39 Å². The molecule has 1 saturated heterocycles. The van der Waals surface area contributed by atoms with Gasteiger partial charge in [0.15, 0.2) is 5.65 Å². The van der Waals surface area contributed by atoms with Crippen LogP contribution in [0.15, 0.2) is 42.6 Å². The van der Waals surface area contributed by atoms with E-state index in [0.29, 0.717) is 12.5 Å². The Morgan fingerprint density at radius 2 is 2.17 bits per heavy atom. The Kier molecular flexibility index (Phi) is 3.58. The molecule has 1 unspecified atom stereocenters. The zero-order valence-electron chi connectivity index (χ0n) is 13.1. The van der Waals surface area contributed by atoms with Crippen LogP contribution in [0.3, 0.4) is 0 Å². The summed E-state index contributed by atoms with van der Waals surface area (Å²) >= 11 is 0. The van der Waals surface area contributed by atoms with Gasteiger partial charge in [0.25, 0.3) is 0 Å². The summed E-state index contributed by atoms with van der Waals surface area (Å²) in [6.07, 6.45) is 3.52. The summed E-state index contributed by atoms with van der Waals surface area (Å²) in [5.41, 5.74) is 2.78. The SMILES string of the molecule is CN1CCC(n2c(Cc3cccc(F)c3)nc3cccnc32)C1. The smallest absolute Gasteiger partial charge is 0.160 e. The molecule has 3 aromatic rings. The quantitative estimate of drug-likeness (QED) is 0.745. The van der Waals surface area contributed by atoms with E-state index in [1.807, 2.05) is 24.4 Å². The van der Waals surface area contributed by atoms with Crippen LogP contribution >= 0.6 is 0 Å². The van der Waals surface area contributed by atoms with E-state index in [1.165, 1.54) is 6.07 Å². The van der Waals surface area contributed by atoms with Crippen molar-refractivity contribution in [2.75, 3.05) is 20.1 Å². The fourth-order valence-electron chi connectivity index (χ4n) is 3.44. The monoisotopic (exact) mass is 310 g/mol. The molecule has 1 atom stereocenters. The molecule has 1 aromatic carbocycles. The standard InChI is InChI=1S/C18H19FN4/c1-22-9-7-15(12-22)23-17(11-13-4-2-5-14(19)10-13)21-16-6-3-8-20-18(16)23/h2-6,8,10,15H,7,9,11-12H2,1H3. The molecule has 4 nitrogen and oxygen atoms in total. The number of aromatic nitrogens is 3. The lowest BCUT2D eigenvalue weighted by Gasteiger charge is -2.16. The largest absolute Gasteiger partial charge is 0.308 e. The highest BCUT2D eigenvalue weighted by Gasteiger charge is 2.25. The van der Waals surface area contributed by atoms with Gasteiger partial charge in [-0.15, -0.1) is 0 Å². The van der Waals surface area contributed by atoms with E-state index in [1.54, 1.807) is 12.1 Å². The van der Waals surface area contributed by atoms with Gasteiger partial charge in [-0.3, -0.25) is 0 Å². The molecule has 1 aliphatic rings. The summed E-state index contributed by atoms with van der Waals surface area (Å²) in [4.78, 5) is 11.6. The first kappa shape index (κ1) is 14.3. The summed E-state index contributed by atoms with van der Waals surface area (Å²) in [6, 6.07) is 11.0. The Bertz CT molecular complexity index is 842. The van der Waals surface area contributed by atoms with E-state index in [0.717, 1.165) is 42.1 Å². The maximum Gasteiger partial charge on any atom is 0.160 e. The zero-order valence-corrected chi connectivity index (χ0v) is 13.1. The van der Waals surface area contributed by atoms with Gasteiger partial charge in [0.1, 0.15) is 17.2 Å². The average Bonchev–Trinajstić information content (AvgIpc) is 3.10. The Morgan fingerprint density at radius 3 is 2.96 bits per heavy atom. The van der Waals surface area contributed by atoms with Crippen molar-refractivity contribution in [3.05, 3.63) is 59.8 Å². The molecule has 23 heavy (non-hydrogen) atoms. The number of hydrogen-bond acceptors (Lipinski definition) is 3. The second-order valence-electron chi connectivity index (χ2n) is 6.26. The molecule has 3 heterocycles. The maximum absolute atomic E-state index is 13.5. The minimum absolute atomic E-state index is 0.205. The van der Waals surface area contributed by atoms with Crippen molar-refractivity contribution in [3.63, 3.8) is 0 Å². The van der Waals surface area contributed by atoms with E-state index in [9.17, 15) is 4.39 Å². The van der Waals surface area contributed by atoms with Crippen LogP contribution in [0.2, 0.25) is 0 Å². The molecule has 1 aliphatic heterocycles. The number of benzene rings is 1. The Balaban J connectivity index is 1.79. The van der Waals surface area contributed by atoms with Crippen molar-refractivity contribution in [1.82, 2.24) is 19.4 Å². The van der Waals surface area contributed by atoms with Crippen LogP contribution in [0, 0.1) is 5.82 Å². The van der Waals surface area contributed by atoms with E-state index in [4.69, 9.17) is 4.98 Å². The van der Waals surface area contributed by atoms with E-state index >= 15 is 0 Å². The predicted molar refractivity (Wildman–Crippen MR) is 87.9 cm³/mol. The number of nitrogens with zero attached hydrogens (tertiary/aromatic N) is 4. The number of fused-ring (bicyclic) bond motifs is 1. The highest BCUT2D eigenvalue weighted by Crippen LogP contribution is 2.27. The summed E-state index contributed by atoms with van der Waals surface area (Å²) in [5.74, 6) is 0.758. The number of hydrogen-bond donors (Lipinski definition) is 0. The third kappa shape index (κ3) is 2.72.